The molecule has 0 spiro atoms. The van der Waals surface area contributed by atoms with Gasteiger partial charge in [0.05, 0.1) is 5.69 Å². The van der Waals surface area contributed by atoms with Gasteiger partial charge in [-0.25, -0.2) is 9.50 Å². The summed E-state index contributed by atoms with van der Waals surface area (Å²) in [4.78, 5) is 11.3. The van der Waals surface area contributed by atoms with E-state index in [1.807, 2.05) is 11.4 Å². The molecule has 5 nitrogen and oxygen atoms in total. The zero-order valence-electron chi connectivity index (χ0n) is 14.3. The predicted octanol–water partition coefficient (Wildman–Crippen LogP) is 3.12. The zero-order valence-corrected chi connectivity index (χ0v) is 14.3. The quantitative estimate of drug-likeness (QED) is 0.743. The van der Waals surface area contributed by atoms with Gasteiger partial charge in [-0.05, 0) is 44.9 Å². The number of nitrogens with zero attached hydrogens (tertiary/aromatic N) is 5. The van der Waals surface area contributed by atoms with Gasteiger partial charge in [0.2, 0.25) is 0 Å². The Balaban J connectivity index is 1.57. The molecule has 24 heavy (non-hydrogen) atoms. The molecule has 0 amide bonds. The number of rotatable bonds is 3. The standard InChI is InChI=1S/C19H23N5/c1-14-5-3-6-16(9-14)11-23-8-4-7-17(12-23)18-10-15(2)22-19-20-13-21-24(18)19/h3,5-6,9-10,13,17H,4,7-8,11-12H2,1-2H3. The number of benzene rings is 1. The van der Waals surface area contributed by atoms with Crippen molar-refractivity contribution >= 4 is 5.78 Å². The molecule has 1 aromatic carbocycles. The highest BCUT2D eigenvalue weighted by molar-refractivity contribution is 5.31. The molecular formula is C19H23N5. The van der Waals surface area contributed by atoms with Crippen LogP contribution in [-0.4, -0.2) is 37.6 Å². The van der Waals surface area contributed by atoms with Crippen LogP contribution in [-0.2, 0) is 6.54 Å². The largest absolute Gasteiger partial charge is 0.298 e. The maximum Gasteiger partial charge on any atom is 0.252 e. The van der Waals surface area contributed by atoms with Gasteiger partial charge in [-0.1, -0.05) is 29.8 Å². The van der Waals surface area contributed by atoms with E-state index >= 15 is 0 Å². The number of aromatic nitrogens is 4. The molecular weight excluding hydrogens is 298 g/mol. The van der Waals surface area contributed by atoms with E-state index in [1.165, 1.54) is 29.7 Å². The summed E-state index contributed by atoms with van der Waals surface area (Å²) in [6, 6.07) is 11.0. The van der Waals surface area contributed by atoms with Crippen molar-refractivity contribution in [3.63, 3.8) is 0 Å². The van der Waals surface area contributed by atoms with Crippen LogP contribution in [0.25, 0.3) is 5.78 Å². The minimum atomic E-state index is 0.481. The van der Waals surface area contributed by atoms with Crippen molar-refractivity contribution in [1.29, 1.82) is 0 Å². The summed E-state index contributed by atoms with van der Waals surface area (Å²) in [6.07, 6.45) is 4.01. The predicted molar refractivity (Wildman–Crippen MR) is 94.0 cm³/mol. The summed E-state index contributed by atoms with van der Waals surface area (Å²) < 4.78 is 1.91. The third kappa shape index (κ3) is 3.04. The molecule has 2 aromatic heterocycles. The maximum absolute atomic E-state index is 4.46. The molecule has 0 radical (unpaired) electrons. The minimum absolute atomic E-state index is 0.481. The lowest BCUT2D eigenvalue weighted by Crippen LogP contribution is -2.34. The highest BCUT2D eigenvalue weighted by atomic mass is 15.3. The van der Waals surface area contributed by atoms with Crippen LogP contribution in [0, 0.1) is 13.8 Å². The lowest BCUT2D eigenvalue weighted by atomic mass is 9.93. The Morgan fingerprint density at radius 2 is 2.12 bits per heavy atom. The fourth-order valence-corrected chi connectivity index (χ4v) is 3.76. The normalized spacial score (nSPS) is 19.0. The van der Waals surface area contributed by atoms with E-state index in [-0.39, 0.29) is 0 Å². The summed E-state index contributed by atoms with van der Waals surface area (Å²) in [7, 11) is 0. The van der Waals surface area contributed by atoms with Crippen LogP contribution in [0.15, 0.2) is 36.7 Å². The summed E-state index contributed by atoms with van der Waals surface area (Å²) in [5.41, 5.74) is 4.98. The SMILES string of the molecule is Cc1cccc(CN2CCCC(c3cc(C)nc4ncnn34)C2)c1. The van der Waals surface area contributed by atoms with Gasteiger partial charge in [-0.2, -0.15) is 10.1 Å². The Morgan fingerprint density at radius 1 is 1.21 bits per heavy atom. The van der Waals surface area contributed by atoms with Crippen LogP contribution < -0.4 is 0 Å². The summed E-state index contributed by atoms with van der Waals surface area (Å²) >= 11 is 0. The van der Waals surface area contributed by atoms with Crippen molar-refractivity contribution in [3.05, 3.63) is 59.2 Å². The summed E-state index contributed by atoms with van der Waals surface area (Å²) in [5.74, 6) is 1.19. The topological polar surface area (TPSA) is 46.3 Å². The lowest BCUT2D eigenvalue weighted by molar-refractivity contribution is 0.197. The molecule has 3 heterocycles. The molecule has 5 heteroatoms. The van der Waals surface area contributed by atoms with Crippen LogP contribution in [0.1, 0.15) is 41.3 Å². The fourth-order valence-electron chi connectivity index (χ4n) is 3.76. The first-order valence-corrected chi connectivity index (χ1v) is 8.64. The molecule has 0 aliphatic carbocycles. The van der Waals surface area contributed by atoms with Crippen molar-refractivity contribution in [2.24, 2.45) is 0 Å². The molecule has 0 N–H and O–H groups in total. The van der Waals surface area contributed by atoms with Gasteiger partial charge in [0.1, 0.15) is 6.33 Å². The van der Waals surface area contributed by atoms with Gasteiger partial charge in [-0.15, -0.1) is 0 Å². The first kappa shape index (κ1) is 15.3. The molecule has 1 aliphatic heterocycles. The fraction of sp³-hybridized carbons (Fsp3) is 0.421. The molecule has 1 atom stereocenters. The average Bonchev–Trinajstić information content (AvgIpc) is 3.02. The molecule has 1 saturated heterocycles. The molecule has 1 fully saturated rings. The zero-order chi connectivity index (χ0) is 16.5. The van der Waals surface area contributed by atoms with Gasteiger partial charge in [0.15, 0.2) is 0 Å². The van der Waals surface area contributed by atoms with Crippen LogP contribution in [0.2, 0.25) is 0 Å². The van der Waals surface area contributed by atoms with Crippen molar-refractivity contribution in [3.8, 4) is 0 Å². The van der Waals surface area contributed by atoms with E-state index in [2.05, 4.69) is 57.2 Å². The van der Waals surface area contributed by atoms with E-state index in [0.717, 1.165) is 25.3 Å². The number of hydrogen-bond donors (Lipinski definition) is 0. The maximum atomic E-state index is 4.46. The first-order chi connectivity index (χ1) is 11.7. The number of fused-ring (bicyclic) bond motifs is 1. The third-order valence-corrected chi connectivity index (χ3v) is 4.82. The third-order valence-electron chi connectivity index (χ3n) is 4.82. The van der Waals surface area contributed by atoms with Gasteiger partial charge in [0, 0.05) is 24.7 Å². The molecule has 3 aromatic rings. The Bertz CT molecular complexity index is 854. The average molecular weight is 321 g/mol. The van der Waals surface area contributed by atoms with Crippen molar-refractivity contribution in [1.82, 2.24) is 24.5 Å². The highest BCUT2D eigenvalue weighted by Crippen LogP contribution is 2.28. The van der Waals surface area contributed by atoms with Crippen LogP contribution in [0.5, 0.6) is 0 Å². The van der Waals surface area contributed by atoms with Gasteiger partial charge in [0.25, 0.3) is 5.78 Å². The second-order valence-electron chi connectivity index (χ2n) is 6.86. The number of piperidine rings is 1. The van der Waals surface area contributed by atoms with Crippen LogP contribution in [0.3, 0.4) is 0 Å². The van der Waals surface area contributed by atoms with E-state index in [9.17, 15) is 0 Å². The van der Waals surface area contributed by atoms with E-state index < -0.39 is 0 Å². The molecule has 0 saturated carbocycles. The van der Waals surface area contributed by atoms with Crippen LogP contribution in [0.4, 0.5) is 0 Å². The number of hydrogen-bond acceptors (Lipinski definition) is 4. The minimum Gasteiger partial charge on any atom is -0.298 e. The first-order valence-electron chi connectivity index (χ1n) is 8.64. The molecule has 4 rings (SSSR count). The van der Waals surface area contributed by atoms with Gasteiger partial charge >= 0.3 is 0 Å². The molecule has 1 unspecified atom stereocenters. The van der Waals surface area contributed by atoms with Crippen molar-refractivity contribution < 1.29 is 0 Å². The number of likely N-dealkylation sites (tertiary alicyclic amines) is 1. The summed E-state index contributed by atoms with van der Waals surface area (Å²) in [5, 5.41) is 4.38. The second-order valence-corrected chi connectivity index (χ2v) is 6.86. The number of aryl methyl sites for hydroxylation is 2. The lowest BCUT2D eigenvalue weighted by Gasteiger charge is -2.33. The second kappa shape index (κ2) is 6.32. The Morgan fingerprint density at radius 3 is 3.00 bits per heavy atom. The highest BCUT2D eigenvalue weighted by Gasteiger charge is 2.24. The van der Waals surface area contributed by atoms with Gasteiger partial charge in [-0.3, -0.25) is 4.90 Å². The molecule has 124 valence electrons. The van der Waals surface area contributed by atoms with Gasteiger partial charge < -0.3 is 0 Å². The van der Waals surface area contributed by atoms with Crippen molar-refractivity contribution in [2.75, 3.05) is 13.1 Å². The van der Waals surface area contributed by atoms with E-state index in [1.54, 1.807) is 6.33 Å². The molecule has 0 bridgehead atoms. The smallest absolute Gasteiger partial charge is 0.252 e. The summed E-state index contributed by atoms with van der Waals surface area (Å²) in [6.45, 7) is 7.43. The van der Waals surface area contributed by atoms with Crippen LogP contribution >= 0.6 is 0 Å². The monoisotopic (exact) mass is 321 g/mol. The Labute approximate surface area is 142 Å². The van der Waals surface area contributed by atoms with E-state index in [0.29, 0.717) is 11.7 Å². The Kier molecular flexibility index (Phi) is 4.02. The van der Waals surface area contributed by atoms with E-state index in [4.69, 9.17) is 0 Å². The van der Waals surface area contributed by atoms with Crippen molar-refractivity contribution in [2.45, 2.75) is 39.2 Å². The molecule has 1 aliphatic rings. The Hall–Kier alpha value is -2.27.